The van der Waals surface area contributed by atoms with Crippen LogP contribution >= 0.6 is 0 Å². The molecule has 1 aliphatic heterocycles. The summed E-state index contributed by atoms with van der Waals surface area (Å²) >= 11 is 0. The van der Waals surface area contributed by atoms with Crippen LogP contribution in [0.5, 0.6) is 0 Å². The Kier molecular flexibility index (Phi) is 2.37. The third kappa shape index (κ3) is 1.50. The van der Waals surface area contributed by atoms with Crippen molar-refractivity contribution in [1.29, 1.82) is 0 Å². The second kappa shape index (κ2) is 3.25. The minimum absolute atomic E-state index is 0.741. The van der Waals surface area contributed by atoms with Gasteiger partial charge in [0.1, 0.15) is 0 Å². The van der Waals surface area contributed by atoms with Crippen LogP contribution in [-0.4, -0.2) is 31.1 Å². The van der Waals surface area contributed by atoms with E-state index in [1.165, 1.54) is 25.9 Å². The van der Waals surface area contributed by atoms with E-state index in [0.717, 1.165) is 30.3 Å². The molecule has 0 bridgehead atoms. The molecule has 2 fully saturated rings. The molecule has 76 valence electrons. The maximum Gasteiger partial charge on any atom is 0.0105 e. The van der Waals surface area contributed by atoms with Crippen LogP contribution in [-0.2, 0) is 0 Å². The van der Waals surface area contributed by atoms with Crippen molar-refractivity contribution in [3.05, 3.63) is 0 Å². The van der Waals surface area contributed by atoms with Gasteiger partial charge in [0.15, 0.2) is 0 Å². The van der Waals surface area contributed by atoms with Crippen LogP contribution in [0.4, 0.5) is 0 Å². The van der Waals surface area contributed by atoms with Gasteiger partial charge in [0.2, 0.25) is 0 Å². The Morgan fingerprint density at radius 3 is 2.15 bits per heavy atom. The molecular weight excluding hydrogens is 160 g/mol. The summed E-state index contributed by atoms with van der Waals surface area (Å²) in [5.41, 5.74) is 6.33. The van der Waals surface area contributed by atoms with Crippen molar-refractivity contribution >= 4 is 0 Å². The molecule has 0 radical (unpaired) electrons. The van der Waals surface area contributed by atoms with Crippen LogP contribution < -0.4 is 5.73 Å². The summed E-state index contributed by atoms with van der Waals surface area (Å²) in [4.78, 5) is 2.54. The molecule has 1 saturated heterocycles. The van der Waals surface area contributed by atoms with Crippen molar-refractivity contribution in [2.24, 2.45) is 23.0 Å². The number of piperidine rings is 1. The third-order valence-electron chi connectivity index (χ3n) is 4.30. The Labute approximate surface area is 81.5 Å². The lowest BCUT2D eigenvalue weighted by Gasteiger charge is -2.42. The van der Waals surface area contributed by atoms with Crippen molar-refractivity contribution in [2.45, 2.75) is 26.7 Å². The van der Waals surface area contributed by atoms with E-state index in [9.17, 15) is 0 Å². The largest absolute Gasteiger partial charge is 0.329 e. The van der Waals surface area contributed by atoms with Crippen molar-refractivity contribution in [3.8, 4) is 0 Å². The average molecular weight is 182 g/mol. The molecule has 2 aliphatic rings. The number of hydrogen-bond acceptors (Lipinski definition) is 2. The number of likely N-dealkylation sites (tertiary alicyclic amines) is 1. The van der Waals surface area contributed by atoms with Crippen molar-refractivity contribution in [1.82, 2.24) is 4.90 Å². The van der Waals surface area contributed by atoms with Gasteiger partial charge in [-0.1, -0.05) is 13.8 Å². The highest BCUT2D eigenvalue weighted by Gasteiger charge is 2.53. The number of rotatable bonds is 2. The summed E-state index contributed by atoms with van der Waals surface area (Å²) in [6.45, 7) is 9.30. The molecule has 1 aliphatic carbocycles. The highest BCUT2D eigenvalue weighted by molar-refractivity contribution is 5.04. The van der Waals surface area contributed by atoms with E-state index in [0.29, 0.717) is 0 Å². The lowest BCUT2D eigenvalue weighted by molar-refractivity contribution is 0.0641. The average Bonchev–Trinajstić information content (AvgIpc) is 2.82. The van der Waals surface area contributed by atoms with E-state index in [1.807, 2.05) is 0 Å². The van der Waals surface area contributed by atoms with Gasteiger partial charge < -0.3 is 10.6 Å². The monoisotopic (exact) mass is 182 g/mol. The minimum atomic E-state index is 0.741. The molecule has 2 heteroatoms. The Hall–Kier alpha value is -0.0800. The van der Waals surface area contributed by atoms with Crippen LogP contribution in [0.15, 0.2) is 0 Å². The molecule has 0 aromatic rings. The molecular formula is C11H22N2. The summed E-state index contributed by atoms with van der Waals surface area (Å²) in [6.07, 6.45) is 2.96. The van der Waals surface area contributed by atoms with E-state index in [4.69, 9.17) is 5.73 Å². The first-order valence-corrected chi connectivity index (χ1v) is 5.61. The number of hydrogen-bond donors (Lipinski definition) is 1. The summed E-state index contributed by atoms with van der Waals surface area (Å²) in [7, 11) is 0. The lowest BCUT2D eigenvalue weighted by Crippen LogP contribution is -2.47. The Bertz CT molecular complexity index is 173. The molecule has 1 spiro atoms. The molecule has 1 saturated carbocycles. The summed E-state index contributed by atoms with van der Waals surface area (Å²) in [5, 5.41) is 0. The first kappa shape index (κ1) is 9.47. The number of nitrogens with two attached hydrogens (primary N) is 1. The van der Waals surface area contributed by atoms with E-state index in [-0.39, 0.29) is 0 Å². The lowest BCUT2D eigenvalue weighted by atomic mass is 9.76. The highest BCUT2D eigenvalue weighted by Crippen LogP contribution is 2.59. The predicted octanol–water partition coefficient (Wildman–Crippen LogP) is 1.31. The van der Waals surface area contributed by atoms with E-state index >= 15 is 0 Å². The Morgan fingerprint density at radius 2 is 1.77 bits per heavy atom. The van der Waals surface area contributed by atoms with Gasteiger partial charge in [-0.25, -0.2) is 0 Å². The molecule has 1 heterocycles. The van der Waals surface area contributed by atoms with Gasteiger partial charge in [-0.3, -0.25) is 0 Å². The van der Waals surface area contributed by atoms with Crippen LogP contribution in [0.2, 0.25) is 0 Å². The van der Waals surface area contributed by atoms with Crippen LogP contribution in [0, 0.1) is 17.3 Å². The fourth-order valence-corrected chi connectivity index (χ4v) is 3.19. The standard InChI is InChI=1S/C11H22N2/c1-9-7-13(6-5-12)8-10(2)11(9)3-4-11/h9-10H,3-8,12H2,1-2H3. The molecule has 2 nitrogen and oxygen atoms in total. The third-order valence-corrected chi connectivity index (χ3v) is 4.30. The second-order valence-electron chi connectivity index (χ2n) is 5.08. The maximum absolute atomic E-state index is 5.59. The van der Waals surface area contributed by atoms with E-state index in [2.05, 4.69) is 18.7 Å². The fraction of sp³-hybridized carbons (Fsp3) is 1.00. The summed E-state index contributed by atoms with van der Waals surface area (Å²) < 4.78 is 0. The Balaban J connectivity index is 1.96. The van der Waals surface area contributed by atoms with Gasteiger partial charge >= 0.3 is 0 Å². The van der Waals surface area contributed by atoms with Crippen LogP contribution in [0.25, 0.3) is 0 Å². The van der Waals surface area contributed by atoms with Crippen LogP contribution in [0.1, 0.15) is 26.7 Å². The molecule has 2 N–H and O–H groups in total. The zero-order valence-corrected chi connectivity index (χ0v) is 8.92. The van der Waals surface area contributed by atoms with Gasteiger partial charge in [-0.15, -0.1) is 0 Å². The molecule has 2 rings (SSSR count). The zero-order chi connectivity index (χ0) is 9.47. The van der Waals surface area contributed by atoms with Crippen molar-refractivity contribution in [2.75, 3.05) is 26.2 Å². The molecule has 13 heavy (non-hydrogen) atoms. The smallest absolute Gasteiger partial charge is 0.0105 e. The fourth-order valence-electron chi connectivity index (χ4n) is 3.19. The van der Waals surface area contributed by atoms with Gasteiger partial charge in [-0.05, 0) is 30.1 Å². The maximum atomic E-state index is 5.59. The molecule has 0 aromatic heterocycles. The molecule has 2 atom stereocenters. The van der Waals surface area contributed by atoms with Gasteiger partial charge in [-0.2, -0.15) is 0 Å². The minimum Gasteiger partial charge on any atom is -0.329 e. The normalized spacial score (nSPS) is 38.1. The summed E-state index contributed by atoms with van der Waals surface area (Å²) in [6, 6.07) is 0. The van der Waals surface area contributed by atoms with Crippen molar-refractivity contribution < 1.29 is 0 Å². The van der Waals surface area contributed by atoms with Crippen molar-refractivity contribution in [3.63, 3.8) is 0 Å². The second-order valence-corrected chi connectivity index (χ2v) is 5.08. The Morgan fingerprint density at radius 1 is 1.23 bits per heavy atom. The highest BCUT2D eigenvalue weighted by atomic mass is 15.1. The molecule has 2 unspecified atom stereocenters. The van der Waals surface area contributed by atoms with Crippen LogP contribution in [0.3, 0.4) is 0 Å². The van der Waals surface area contributed by atoms with E-state index < -0.39 is 0 Å². The first-order valence-electron chi connectivity index (χ1n) is 5.61. The molecule has 0 amide bonds. The SMILES string of the molecule is CC1CN(CCN)CC(C)C12CC2. The topological polar surface area (TPSA) is 29.3 Å². The predicted molar refractivity (Wildman–Crippen MR) is 55.5 cm³/mol. The van der Waals surface area contributed by atoms with E-state index in [1.54, 1.807) is 0 Å². The molecule has 0 aromatic carbocycles. The first-order chi connectivity index (χ1) is 6.19. The number of nitrogens with zero attached hydrogens (tertiary/aromatic N) is 1. The quantitative estimate of drug-likeness (QED) is 0.698. The van der Waals surface area contributed by atoms with Gasteiger partial charge in [0.05, 0.1) is 0 Å². The zero-order valence-electron chi connectivity index (χ0n) is 8.92. The summed E-state index contributed by atoms with van der Waals surface area (Å²) in [5.74, 6) is 1.78. The van der Waals surface area contributed by atoms with Gasteiger partial charge in [0.25, 0.3) is 0 Å². The van der Waals surface area contributed by atoms with Gasteiger partial charge in [0, 0.05) is 26.2 Å².